The summed E-state index contributed by atoms with van der Waals surface area (Å²) >= 11 is 1.53. The Morgan fingerprint density at radius 1 is 1.22 bits per heavy atom. The highest BCUT2D eigenvalue weighted by molar-refractivity contribution is 7.15. The van der Waals surface area contributed by atoms with Crippen molar-refractivity contribution in [1.82, 2.24) is 20.2 Å². The van der Waals surface area contributed by atoms with Crippen molar-refractivity contribution in [2.75, 3.05) is 13.1 Å². The van der Waals surface area contributed by atoms with Gasteiger partial charge in [0.15, 0.2) is 12.0 Å². The molecular formula is C24H22N4O3S. The van der Waals surface area contributed by atoms with E-state index in [4.69, 9.17) is 4.42 Å². The number of benzene rings is 2. The van der Waals surface area contributed by atoms with Gasteiger partial charge in [0.1, 0.15) is 11.2 Å². The minimum atomic E-state index is -0.228. The minimum Gasteiger partial charge on any atom is -0.443 e. The Morgan fingerprint density at radius 3 is 2.84 bits per heavy atom. The number of rotatable bonds is 5. The van der Waals surface area contributed by atoms with Gasteiger partial charge in [0, 0.05) is 13.1 Å². The average Bonchev–Trinajstić information content (AvgIpc) is 3.39. The molecule has 8 heteroatoms. The Balaban J connectivity index is 1.30. The Labute approximate surface area is 189 Å². The number of nitrogens with one attached hydrogen (secondary N) is 1. The maximum atomic E-state index is 13.3. The van der Waals surface area contributed by atoms with Crippen molar-refractivity contribution in [3.8, 4) is 10.4 Å². The van der Waals surface area contributed by atoms with Crippen molar-refractivity contribution >= 4 is 34.3 Å². The molecule has 0 spiro atoms. The van der Waals surface area contributed by atoms with Gasteiger partial charge in [-0.05, 0) is 38.0 Å². The van der Waals surface area contributed by atoms with Crippen LogP contribution in [0, 0.1) is 13.8 Å². The zero-order valence-corrected chi connectivity index (χ0v) is 18.6. The lowest BCUT2D eigenvalue weighted by Gasteiger charge is -2.40. The second kappa shape index (κ2) is 8.20. The minimum absolute atomic E-state index is 0.0599. The molecule has 1 saturated heterocycles. The monoisotopic (exact) mass is 446 g/mol. The Bertz CT molecular complexity index is 1330. The van der Waals surface area contributed by atoms with E-state index < -0.39 is 0 Å². The Morgan fingerprint density at radius 2 is 2.06 bits per heavy atom. The van der Waals surface area contributed by atoms with Gasteiger partial charge in [-0.1, -0.05) is 35.9 Å². The van der Waals surface area contributed by atoms with E-state index in [9.17, 15) is 9.59 Å². The number of likely N-dealkylation sites (tertiary alicyclic amines) is 1. The summed E-state index contributed by atoms with van der Waals surface area (Å²) in [7, 11) is 0. The first-order valence-electron chi connectivity index (χ1n) is 10.5. The molecule has 2 aromatic carbocycles. The lowest BCUT2D eigenvalue weighted by molar-refractivity contribution is 0.0451. The zero-order valence-electron chi connectivity index (χ0n) is 17.8. The van der Waals surface area contributed by atoms with Crippen molar-refractivity contribution in [2.24, 2.45) is 0 Å². The molecule has 1 aliphatic heterocycles. The number of fused-ring (bicyclic) bond motifs is 1. The molecular weight excluding hydrogens is 424 g/mol. The number of hydrogen-bond acceptors (Lipinski definition) is 6. The van der Waals surface area contributed by atoms with Gasteiger partial charge in [0.25, 0.3) is 11.8 Å². The average molecular weight is 447 g/mol. The van der Waals surface area contributed by atoms with Crippen molar-refractivity contribution < 1.29 is 14.0 Å². The smallest absolute Gasteiger partial charge is 0.274 e. The predicted molar refractivity (Wildman–Crippen MR) is 123 cm³/mol. The van der Waals surface area contributed by atoms with Crippen LogP contribution in [0.2, 0.25) is 0 Å². The van der Waals surface area contributed by atoms with E-state index in [1.54, 1.807) is 23.1 Å². The number of oxazole rings is 1. The van der Waals surface area contributed by atoms with E-state index in [-0.39, 0.29) is 17.9 Å². The molecule has 0 bridgehead atoms. The van der Waals surface area contributed by atoms with Crippen LogP contribution in [0.1, 0.15) is 37.8 Å². The molecule has 0 radical (unpaired) electrons. The second-order valence-electron chi connectivity index (χ2n) is 7.94. The number of carbonyl (C=O) groups excluding carboxylic acids is 2. The molecule has 1 fully saturated rings. The van der Waals surface area contributed by atoms with Crippen LogP contribution in [0.15, 0.2) is 53.3 Å². The molecule has 0 aliphatic carbocycles. The van der Waals surface area contributed by atoms with Crippen LogP contribution >= 0.6 is 11.3 Å². The fraction of sp³-hybridized carbons (Fsp3) is 0.250. The molecule has 32 heavy (non-hydrogen) atoms. The predicted octanol–water partition coefficient (Wildman–Crippen LogP) is 4.21. The first-order valence-corrected chi connectivity index (χ1v) is 11.3. The summed E-state index contributed by atoms with van der Waals surface area (Å²) in [5, 5.41) is 3.80. The zero-order chi connectivity index (χ0) is 22.2. The van der Waals surface area contributed by atoms with E-state index in [0.29, 0.717) is 35.4 Å². The number of aryl methyl sites for hydroxylation is 2. The molecule has 0 saturated carbocycles. The summed E-state index contributed by atoms with van der Waals surface area (Å²) in [5.74, 6) is -0.316. The SMILES string of the molecule is Cc1cccc(-c2sc(C)nc2C(=O)N2CC[C@H]2CNC(=O)c2cccc3ocnc23)c1. The van der Waals surface area contributed by atoms with Crippen molar-refractivity contribution in [1.29, 1.82) is 0 Å². The van der Waals surface area contributed by atoms with Gasteiger partial charge in [-0.2, -0.15) is 0 Å². The highest BCUT2D eigenvalue weighted by atomic mass is 32.1. The molecule has 3 heterocycles. The van der Waals surface area contributed by atoms with Gasteiger partial charge in [-0.3, -0.25) is 9.59 Å². The van der Waals surface area contributed by atoms with Crippen molar-refractivity contribution in [3.63, 3.8) is 0 Å². The molecule has 2 amide bonds. The van der Waals surface area contributed by atoms with E-state index in [0.717, 1.165) is 27.4 Å². The normalized spacial score (nSPS) is 15.6. The van der Waals surface area contributed by atoms with Crippen LogP contribution in [0.5, 0.6) is 0 Å². The fourth-order valence-corrected chi connectivity index (χ4v) is 4.89. The highest BCUT2D eigenvalue weighted by Crippen LogP contribution is 2.33. The summed E-state index contributed by atoms with van der Waals surface area (Å²) in [4.78, 5) is 37.4. The van der Waals surface area contributed by atoms with Crippen molar-refractivity contribution in [3.05, 3.63) is 70.7 Å². The quantitative estimate of drug-likeness (QED) is 0.496. The van der Waals surface area contributed by atoms with Crippen LogP contribution < -0.4 is 5.32 Å². The van der Waals surface area contributed by atoms with Crippen LogP contribution in [-0.2, 0) is 0 Å². The van der Waals surface area contributed by atoms with Gasteiger partial charge < -0.3 is 14.6 Å². The number of thiazole rings is 1. The van der Waals surface area contributed by atoms with Gasteiger partial charge in [0.2, 0.25) is 0 Å². The Hall–Kier alpha value is -3.52. The largest absolute Gasteiger partial charge is 0.443 e. The van der Waals surface area contributed by atoms with E-state index >= 15 is 0 Å². The third-order valence-electron chi connectivity index (χ3n) is 5.73. The topological polar surface area (TPSA) is 88.3 Å². The van der Waals surface area contributed by atoms with E-state index in [1.165, 1.54) is 17.7 Å². The summed E-state index contributed by atoms with van der Waals surface area (Å²) < 4.78 is 5.27. The lowest BCUT2D eigenvalue weighted by atomic mass is 10.0. The van der Waals surface area contributed by atoms with Crippen molar-refractivity contribution in [2.45, 2.75) is 26.3 Å². The number of nitrogens with zero attached hydrogens (tertiary/aromatic N) is 3. The fourth-order valence-electron chi connectivity index (χ4n) is 3.99. The first kappa shape index (κ1) is 20.4. The number of carbonyl (C=O) groups is 2. The molecule has 0 unspecified atom stereocenters. The van der Waals surface area contributed by atoms with Gasteiger partial charge in [-0.15, -0.1) is 11.3 Å². The summed E-state index contributed by atoms with van der Waals surface area (Å²) in [6.45, 7) is 4.98. The number of hydrogen-bond donors (Lipinski definition) is 1. The highest BCUT2D eigenvalue weighted by Gasteiger charge is 2.35. The van der Waals surface area contributed by atoms with Crippen LogP contribution in [0.25, 0.3) is 21.5 Å². The summed E-state index contributed by atoms with van der Waals surface area (Å²) in [5.41, 5.74) is 4.20. The molecule has 1 N–H and O–H groups in total. The Kier molecular flexibility index (Phi) is 5.22. The lowest BCUT2D eigenvalue weighted by Crippen LogP contribution is -2.56. The van der Waals surface area contributed by atoms with Crippen LogP contribution in [0.4, 0.5) is 0 Å². The van der Waals surface area contributed by atoms with Gasteiger partial charge in [0.05, 0.1) is 21.5 Å². The molecule has 2 aromatic heterocycles. The summed E-state index contributed by atoms with van der Waals surface area (Å²) in [6.07, 6.45) is 2.17. The van der Waals surface area contributed by atoms with Crippen LogP contribution in [-0.4, -0.2) is 45.8 Å². The van der Waals surface area contributed by atoms with E-state index in [1.807, 2.05) is 32.0 Å². The molecule has 162 valence electrons. The standard InChI is InChI=1S/C24H22N4O3S/c1-14-5-3-6-16(11-14)22-21(27-15(2)32-22)24(30)28-10-9-17(28)12-25-23(29)18-7-4-8-19-20(18)26-13-31-19/h3-8,11,13,17H,9-10,12H2,1-2H3,(H,25,29)/t17-/m0/s1. The first-order chi connectivity index (χ1) is 15.5. The molecule has 1 aliphatic rings. The van der Waals surface area contributed by atoms with Crippen LogP contribution in [0.3, 0.4) is 0 Å². The number of aromatic nitrogens is 2. The van der Waals surface area contributed by atoms with Gasteiger partial charge >= 0.3 is 0 Å². The molecule has 4 aromatic rings. The molecule has 7 nitrogen and oxygen atoms in total. The maximum Gasteiger partial charge on any atom is 0.274 e. The third kappa shape index (κ3) is 3.67. The second-order valence-corrected chi connectivity index (χ2v) is 9.14. The molecule has 5 rings (SSSR count). The number of para-hydroxylation sites is 1. The molecule has 1 atom stereocenters. The van der Waals surface area contributed by atoms with Gasteiger partial charge in [-0.25, -0.2) is 9.97 Å². The maximum absolute atomic E-state index is 13.3. The third-order valence-corrected chi connectivity index (χ3v) is 6.75. The summed E-state index contributed by atoms with van der Waals surface area (Å²) in [6, 6.07) is 13.3. The number of amides is 2. The van der Waals surface area contributed by atoms with E-state index in [2.05, 4.69) is 21.4 Å².